The van der Waals surface area contributed by atoms with E-state index in [0.717, 1.165) is 33.3 Å². The van der Waals surface area contributed by atoms with E-state index in [0.29, 0.717) is 25.8 Å². The molecule has 0 saturated carbocycles. The van der Waals surface area contributed by atoms with Gasteiger partial charge in [0.15, 0.2) is 11.7 Å². The van der Waals surface area contributed by atoms with Gasteiger partial charge >= 0.3 is 0 Å². The van der Waals surface area contributed by atoms with Gasteiger partial charge in [-0.15, -0.1) is 11.3 Å². The highest BCUT2D eigenvalue weighted by Gasteiger charge is 2.12. The van der Waals surface area contributed by atoms with Gasteiger partial charge in [-0.3, -0.25) is 9.59 Å². The third-order valence-corrected chi connectivity index (χ3v) is 8.07. The smallest absolute Gasteiger partial charge is 0.271 e. The molecular formula is C32H25Br2N5O3S. The van der Waals surface area contributed by atoms with Crippen LogP contribution in [0.15, 0.2) is 110 Å². The zero-order valence-corrected chi connectivity index (χ0v) is 26.8. The van der Waals surface area contributed by atoms with Crippen LogP contribution in [0, 0.1) is 6.92 Å². The molecule has 0 aliphatic carbocycles. The van der Waals surface area contributed by atoms with Gasteiger partial charge in [0, 0.05) is 27.9 Å². The Morgan fingerprint density at radius 1 is 0.953 bits per heavy atom. The molecular weight excluding hydrogens is 694 g/mol. The van der Waals surface area contributed by atoms with E-state index in [-0.39, 0.29) is 18.4 Å². The highest BCUT2D eigenvalue weighted by atomic mass is 79.9. The first-order chi connectivity index (χ1) is 20.9. The molecule has 0 unspecified atom stereocenters. The molecule has 0 bridgehead atoms. The third kappa shape index (κ3) is 8.16. The number of aryl methyl sites for hydroxylation is 1. The molecule has 11 heteroatoms. The number of benzene rings is 4. The van der Waals surface area contributed by atoms with E-state index in [1.807, 2.05) is 79.0 Å². The van der Waals surface area contributed by atoms with Gasteiger partial charge in [0.05, 0.1) is 20.9 Å². The molecule has 0 atom stereocenters. The number of hydrazone groups is 1. The summed E-state index contributed by atoms with van der Waals surface area (Å²) in [5, 5.41) is 13.0. The Bertz CT molecular complexity index is 1750. The number of rotatable bonds is 10. The number of amides is 2. The molecule has 43 heavy (non-hydrogen) atoms. The molecule has 4 aromatic carbocycles. The summed E-state index contributed by atoms with van der Waals surface area (Å²) in [7, 11) is 0. The monoisotopic (exact) mass is 717 g/mol. The van der Waals surface area contributed by atoms with Crippen molar-refractivity contribution in [1.82, 2.24) is 10.4 Å². The molecule has 1 heterocycles. The van der Waals surface area contributed by atoms with Crippen molar-refractivity contribution in [3.63, 3.8) is 0 Å². The molecule has 1 aromatic heterocycles. The normalized spacial score (nSPS) is 10.9. The fourth-order valence-corrected chi connectivity index (χ4v) is 6.15. The van der Waals surface area contributed by atoms with Crippen LogP contribution in [-0.2, 0) is 4.79 Å². The largest absolute Gasteiger partial charge is 0.481 e. The Morgan fingerprint density at radius 3 is 2.37 bits per heavy atom. The van der Waals surface area contributed by atoms with Gasteiger partial charge in [0.1, 0.15) is 5.75 Å². The Kier molecular flexibility index (Phi) is 9.98. The number of thiazole rings is 1. The maximum Gasteiger partial charge on any atom is 0.271 e. The van der Waals surface area contributed by atoms with Gasteiger partial charge in [-0.25, -0.2) is 10.4 Å². The lowest BCUT2D eigenvalue weighted by molar-refractivity contribution is -0.118. The van der Waals surface area contributed by atoms with Crippen LogP contribution in [0.3, 0.4) is 0 Å². The minimum Gasteiger partial charge on any atom is -0.481 e. The lowest BCUT2D eigenvalue weighted by Gasteiger charge is -2.12. The molecule has 0 aliphatic heterocycles. The maximum atomic E-state index is 12.7. The second kappa shape index (κ2) is 14.2. The predicted molar refractivity (Wildman–Crippen MR) is 179 cm³/mol. The van der Waals surface area contributed by atoms with Gasteiger partial charge < -0.3 is 15.4 Å². The molecule has 5 rings (SSSR count). The average molecular weight is 719 g/mol. The first-order valence-electron chi connectivity index (χ1n) is 13.0. The van der Waals surface area contributed by atoms with E-state index < -0.39 is 0 Å². The molecule has 0 radical (unpaired) electrons. The predicted octanol–water partition coefficient (Wildman–Crippen LogP) is 8.17. The quantitative estimate of drug-likeness (QED) is 0.0999. The molecule has 0 saturated heterocycles. The summed E-state index contributed by atoms with van der Waals surface area (Å²) >= 11 is 8.48. The van der Waals surface area contributed by atoms with Crippen molar-refractivity contribution < 1.29 is 14.3 Å². The molecule has 0 fully saturated rings. The van der Waals surface area contributed by atoms with Crippen molar-refractivity contribution in [2.45, 2.75) is 6.92 Å². The number of hydrogen-bond acceptors (Lipinski definition) is 7. The van der Waals surface area contributed by atoms with Crippen molar-refractivity contribution >= 4 is 77.7 Å². The Hall–Kier alpha value is -4.32. The molecule has 3 N–H and O–H groups in total. The number of ether oxygens (including phenoxy) is 1. The minimum absolute atomic E-state index is 0.165. The van der Waals surface area contributed by atoms with Gasteiger partial charge in [-0.05, 0) is 92.4 Å². The van der Waals surface area contributed by atoms with E-state index in [2.05, 4.69) is 58.0 Å². The third-order valence-electron chi connectivity index (χ3n) is 6.14. The number of carbonyl (C=O) groups excluding carboxylic acids is 2. The highest BCUT2D eigenvalue weighted by Crippen LogP contribution is 2.34. The lowest BCUT2D eigenvalue weighted by Crippen LogP contribution is -2.21. The highest BCUT2D eigenvalue weighted by molar-refractivity contribution is 9.11. The second-order valence-electron chi connectivity index (χ2n) is 9.27. The Morgan fingerprint density at radius 2 is 1.65 bits per heavy atom. The lowest BCUT2D eigenvalue weighted by atomic mass is 10.1. The Balaban J connectivity index is 1.14. The van der Waals surface area contributed by atoms with E-state index in [1.54, 1.807) is 24.3 Å². The summed E-state index contributed by atoms with van der Waals surface area (Å²) < 4.78 is 6.99. The second-order valence-corrected chi connectivity index (χ2v) is 11.8. The van der Waals surface area contributed by atoms with Crippen LogP contribution in [0.25, 0.3) is 11.3 Å². The number of para-hydroxylation sites is 2. The molecule has 8 nitrogen and oxygen atoms in total. The average Bonchev–Trinajstić information content (AvgIpc) is 3.47. The number of nitrogens with one attached hydrogen (secondary N) is 3. The number of hydrogen-bond donors (Lipinski definition) is 3. The van der Waals surface area contributed by atoms with E-state index in [1.165, 1.54) is 17.6 Å². The fraction of sp³-hybridized carbons (Fsp3) is 0.0625. The summed E-state index contributed by atoms with van der Waals surface area (Å²) in [6.07, 6.45) is 1.52. The van der Waals surface area contributed by atoms with Crippen LogP contribution in [-0.4, -0.2) is 29.6 Å². The fourth-order valence-electron chi connectivity index (χ4n) is 3.96. The van der Waals surface area contributed by atoms with Crippen molar-refractivity contribution in [3.8, 4) is 17.0 Å². The number of halogens is 2. The van der Waals surface area contributed by atoms with Crippen LogP contribution >= 0.6 is 43.2 Å². The minimum atomic E-state index is -0.342. The number of nitrogens with zero attached hydrogens (tertiary/aromatic N) is 2. The number of anilines is 3. The molecule has 0 spiro atoms. The van der Waals surface area contributed by atoms with Crippen molar-refractivity contribution in [3.05, 3.63) is 122 Å². The van der Waals surface area contributed by atoms with Crippen molar-refractivity contribution in [1.29, 1.82) is 0 Å². The van der Waals surface area contributed by atoms with Crippen molar-refractivity contribution in [2.75, 3.05) is 17.2 Å². The first-order valence-corrected chi connectivity index (χ1v) is 15.5. The van der Waals surface area contributed by atoms with Crippen LogP contribution in [0.1, 0.15) is 21.5 Å². The van der Waals surface area contributed by atoms with Crippen LogP contribution in [0.2, 0.25) is 0 Å². The van der Waals surface area contributed by atoms with Crippen molar-refractivity contribution in [2.24, 2.45) is 5.10 Å². The molecule has 2 amide bonds. The van der Waals surface area contributed by atoms with Gasteiger partial charge in [0.2, 0.25) is 0 Å². The zero-order valence-electron chi connectivity index (χ0n) is 22.8. The summed E-state index contributed by atoms with van der Waals surface area (Å²) in [6, 6.07) is 28.1. The first kappa shape index (κ1) is 30.1. The SMILES string of the molecule is Cc1ccccc1NC(=O)COc1c(Br)cc(/C=N/NC(=O)c2ccc(-c3csc(Nc4ccccc4)n3)cc2)cc1Br. The summed E-state index contributed by atoms with van der Waals surface area (Å²) in [5.41, 5.74) is 8.13. The number of carbonyl (C=O) groups is 2. The molecule has 5 aromatic rings. The van der Waals surface area contributed by atoms with Crippen LogP contribution < -0.4 is 20.8 Å². The van der Waals surface area contributed by atoms with Crippen LogP contribution in [0.4, 0.5) is 16.5 Å². The summed E-state index contributed by atoms with van der Waals surface area (Å²) in [5.74, 6) is -0.138. The van der Waals surface area contributed by atoms with Gasteiger partial charge in [0.25, 0.3) is 11.8 Å². The van der Waals surface area contributed by atoms with E-state index in [4.69, 9.17) is 4.74 Å². The van der Waals surface area contributed by atoms with E-state index in [9.17, 15) is 9.59 Å². The Labute approximate surface area is 269 Å². The van der Waals surface area contributed by atoms with Gasteiger partial charge in [-0.1, -0.05) is 48.5 Å². The standard InChI is InChI=1S/C32H25Br2N5O3S/c1-20-7-5-6-10-27(20)37-29(40)18-42-30-25(33)15-21(16-26(30)34)17-35-39-31(41)23-13-11-22(12-14-23)28-19-43-32(38-28)36-24-8-3-2-4-9-24/h2-17,19H,18H2,1H3,(H,36,38)(H,37,40)(H,39,41)/b35-17+. The topological polar surface area (TPSA) is 105 Å². The summed E-state index contributed by atoms with van der Waals surface area (Å²) in [6.45, 7) is 1.76. The maximum absolute atomic E-state index is 12.7. The van der Waals surface area contributed by atoms with Gasteiger partial charge in [-0.2, -0.15) is 5.10 Å². The zero-order chi connectivity index (χ0) is 30.2. The molecule has 0 aliphatic rings. The number of aromatic nitrogens is 1. The summed E-state index contributed by atoms with van der Waals surface area (Å²) in [4.78, 5) is 29.7. The molecule has 216 valence electrons. The van der Waals surface area contributed by atoms with E-state index >= 15 is 0 Å². The van der Waals surface area contributed by atoms with Crippen LogP contribution in [0.5, 0.6) is 5.75 Å².